The first-order valence-electron chi connectivity index (χ1n) is 9.63. The van der Waals surface area contributed by atoms with Gasteiger partial charge in [0.25, 0.3) is 0 Å². The molecule has 1 N–H and O–H groups in total. The van der Waals surface area contributed by atoms with E-state index in [4.69, 9.17) is 27.9 Å². The van der Waals surface area contributed by atoms with Crippen LogP contribution in [0.2, 0.25) is 10.0 Å². The van der Waals surface area contributed by atoms with Crippen molar-refractivity contribution in [3.05, 3.63) is 99.5 Å². The maximum atomic E-state index is 13.3. The Kier molecular flexibility index (Phi) is 6.22. The van der Waals surface area contributed by atoms with E-state index in [9.17, 15) is 18.3 Å². The molecule has 0 spiro atoms. The predicted molar refractivity (Wildman–Crippen MR) is 117 cm³/mol. The number of hydrogen-bond acceptors (Lipinski definition) is 3. The molecule has 1 heterocycles. The molecule has 0 aliphatic heterocycles. The normalized spacial score (nSPS) is 16.2. The van der Waals surface area contributed by atoms with Gasteiger partial charge in [-0.15, -0.1) is 0 Å². The molecule has 4 nitrogen and oxygen atoms in total. The van der Waals surface area contributed by atoms with Crippen molar-refractivity contribution in [3.8, 4) is 11.4 Å². The minimum Gasteiger partial charge on any atom is -0.508 e. The summed E-state index contributed by atoms with van der Waals surface area (Å²) in [6.45, 7) is -0.177. The van der Waals surface area contributed by atoms with Crippen molar-refractivity contribution >= 4 is 23.2 Å². The van der Waals surface area contributed by atoms with Crippen LogP contribution in [0.15, 0.2) is 72.5 Å². The average Bonchev–Trinajstić information content (AvgIpc) is 3.17. The van der Waals surface area contributed by atoms with E-state index >= 15 is 0 Å². The first-order valence-corrected chi connectivity index (χ1v) is 10.4. The Bertz CT molecular complexity index is 1160. The number of ether oxygens (including phenoxy) is 1. The molecule has 3 aromatic rings. The third-order valence-electron chi connectivity index (χ3n) is 5.00. The van der Waals surface area contributed by atoms with Gasteiger partial charge < -0.3 is 9.84 Å². The monoisotopic (exact) mass is 480 g/mol. The molecular formula is C23H17Cl2F3N2O2. The smallest absolute Gasteiger partial charge is 0.435 e. The Morgan fingerprint density at radius 3 is 2.38 bits per heavy atom. The van der Waals surface area contributed by atoms with Crippen LogP contribution >= 0.6 is 23.2 Å². The van der Waals surface area contributed by atoms with Gasteiger partial charge in [0.05, 0.1) is 15.7 Å². The predicted octanol–water partition coefficient (Wildman–Crippen LogP) is 7.26. The second-order valence-electron chi connectivity index (χ2n) is 7.19. The summed E-state index contributed by atoms with van der Waals surface area (Å²) in [6.07, 6.45) is 1.36. The summed E-state index contributed by atoms with van der Waals surface area (Å²) >= 11 is 12.4. The van der Waals surface area contributed by atoms with Gasteiger partial charge >= 0.3 is 6.18 Å². The highest BCUT2D eigenvalue weighted by Gasteiger charge is 2.35. The van der Waals surface area contributed by atoms with E-state index in [0.29, 0.717) is 12.2 Å². The number of allylic oxidation sites excluding steroid dienone is 3. The molecule has 0 radical (unpaired) electrons. The fraction of sp³-hybridized carbons (Fsp3) is 0.174. The maximum Gasteiger partial charge on any atom is 0.435 e. The lowest BCUT2D eigenvalue weighted by molar-refractivity contribution is -0.141. The molecule has 1 aliphatic carbocycles. The first kappa shape index (κ1) is 22.3. The Morgan fingerprint density at radius 1 is 1.09 bits per heavy atom. The molecule has 4 rings (SSSR count). The van der Waals surface area contributed by atoms with E-state index in [1.54, 1.807) is 30.4 Å². The van der Waals surface area contributed by atoms with Crippen LogP contribution < -0.4 is 4.74 Å². The van der Waals surface area contributed by atoms with E-state index in [1.165, 1.54) is 12.1 Å². The fourth-order valence-corrected chi connectivity index (χ4v) is 3.93. The lowest BCUT2D eigenvalue weighted by Gasteiger charge is -2.15. The molecular weight excluding hydrogens is 464 g/mol. The van der Waals surface area contributed by atoms with Crippen molar-refractivity contribution in [2.45, 2.75) is 25.1 Å². The Morgan fingerprint density at radius 2 is 1.78 bits per heavy atom. The third-order valence-corrected chi connectivity index (χ3v) is 5.61. The van der Waals surface area contributed by atoms with Crippen LogP contribution in [0.4, 0.5) is 13.2 Å². The molecule has 1 aromatic heterocycles. The number of hydrogen-bond donors (Lipinski definition) is 1. The van der Waals surface area contributed by atoms with E-state index in [-0.39, 0.29) is 39.7 Å². The number of aliphatic hydroxyl groups excluding tert-OH is 1. The van der Waals surface area contributed by atoms with Crippen LogP contribution in [-0.2, 0) is 12.8 Å². The van der Waals surface area contributed by atoms with Crippen molar-refractivity contribution < 1.29 is 23.0 Å². The maximum absolute atomic E-state index is 13.3. The Labute approximate surface area is 192 Å². The van der Waals surface area contributed by atoms with E-state index in [1.807, 2.05) is 18.2 Å². The van der Waals surface area contributed by atoms with Crippen LogP contribution in [0.3, 0.4) is 0 Å². The standard InChI is InChI=1S/C23H17Cl2F3N2O2/c24-19-2-1-3-20(25)22(19)30-16(12-21(29-30)23(26,27)28)13-32-18-10-6-15(7-11-18)14-4-8-17(31)9-5-14/h1-4,6-12,14,31H,5,13H2. The lowest BCUT2D eigenvalue weighted by atomic mass is 9.92. The van der Waals surface area contributed by atoms with E-state index < -0.39 is 11.9 Å². The minimum absolute atomic E-state index is 0.137. The van der Waals surface area contributed by atoms with Crippen LogP contribution in [0.5, 0.6) is 5.75 Å². The van der Waals surface area contributed by atoms with Gasteiger partial charge in [-0.1, -0.05) is 47.5 Å². The van der Waals surface area contributed by atoms with Gasteiger partial charge in [0.2, 0.25) is 0 Å². The summed E-state index contributed by atoms with van der Waals surface area (Å²) in [6, 6.07) is 12.8. The first-order chi connectivity index (χ1) is 15.2. The number of aromatic nitrogens is 2. The summed E-state index contributed by atoms with van der Waals surface area (Å²) in [5.41, 5.74) is 0.264. The van der Waals surface area contributed by atoms with Gasteiger partial charge in [-0.05, 0) is 54.5 Å². The average molecular weight is 481 g/mol. The molecule has 0 saturated carbocycles. The summed E-state index contributed by atoms with van der Waals surface area (Å²) in [4.78, 5) is 0. The quantitative estimate of drug-likeness (QED) is 0.417. The Balaban J connectivity index is 1.57. The van der Waals surface area contributed by atoms with Gasteiger partial charge in [-0.25, -0.2) is 4.68 Å². The number of alkyl halides is 3. The Hall–Kier alpha value is -2.90. The molecule has 0 bridgehead atoms. The van der Waals surface area contributed by atoms with Crippen molar-refractivity contribution in [2.24, 2.45) is 0 Å². The molecule has 9 heteroatoms. The molecule has 2 aromatic carbocycles. The zero-order valence-electron chi connectivity index (χ0n) is 16.5. The zero-order valence-corrected chi connectivity index (χ0v) is 18.0. The second kappa shape index (κ2) is 8.92. The molecule has 0 amide bonds. The lowest BCUT2D eigenvalue weighted by Crippen LogP contribution is -2.09. The number of aliphatic hydroxyl groups is 1. The second-order valence-corrected chi connectivity index (χ2v) is 8.00. The van der Waals surface area contributed by atoms with Crippen LogP contribution in [-0.4, -0.2) is 14.9 Å². The molecule has 0 saturated heterocycles. The number of para-hydroxylation sites is 1. The van der Waals surface area contributed by atoms with Crippen molar-refractivity contribution in [1.29, 1.82) is 0 Å². The highest BCUT2D eigenvalue weighted by molar-refractivity contribution is 6.37. The topological polar surface area (TPSA) is 47.3 Å². The molecule has 1 aliphatic rings. The van der Waals surface area contributed by atoms with E-state index in [2.05, 4.69) is 5.10 Å². The minimum atomic E-state index is -4.63. The van der Waals surface area contributed by atoms with Gasteiger partial charge in [0.1, 0.15) is 23.8 Å². The van der Waals surface area contributed by atoms with Gasteiger partial charge in [-0.2, -0.15) is 18.3 Å². The van der Waals surface area contributed by atoms with Crippen LogP contribution in [0.1, 0.15) is 29.3 Å². The van der Waals surface area contributed by atoms with Crippen LogP contribution in [0.25, 0.3) is 5.69 Å². The summed E-state index contributed by atoms with van der Waals surface area (Å²) in [5, 5.41) is 13.5. The third kappa shape index (κ3) is 4.79. The SMILES string of the molecule is OC1=CCC(c2ccc(OCc3cc(C(F)(F)F)nn3-c3c(Cl)cccc3Cl)cc2)C=C1. The highest BCUT2D eigenvalue weighted by Crippen LogP contribution is 2.34. The number of halogens is 5. The largest absolute Gasteiger partial charge is 0.508 e. The molecule has 1 unspecified atom stereocenters. The van der Waals surface area contributed by atoms with Crippen LogP contribution in [0, 0.1) is 0 Å². The molecule has 32 heavy (non-hydrogen) atoms. The molecule has 0 fully saturated rings. The molecule has 166 valence electrons. The zero-order chi connectivity index (χ0) is 22.9. The van der Waals surface area contributed by atoms with Crippen molar-refractivity contribution in [1.82, 2.24) is 9.78 Å². The van der Waals surface area contributed by atoms with Gasteiger partial charge in [0.15, 0.2) is 5.69 Å². The van der Waals surface area contributed by atoms with E-state index in [0.717, 1.165) is 16.3 Å². The number of rotatable bonds is 5. The van der Waals surface area contributed by atoms with Crippen molar-refractivity contribution in [3.63, 3.8) is 0 Å². The number of benzene rings is 2. The molecule has 1 atom stereocenters. The number of nitrogens with zero attached hydrogens (tertiary/aromatic N) is 2. The highest BCUT2D eigenvalue weighted by atomic mass is 35.5. The summed E-state index contributed by atoms with van der Waals surface area (Å²) in [5.74, 6) is 0.867. The van der Waals surface area contributed by atoms with Gasteiger partial charge in [0, 0.05) is 5.92 Å². The fourth-order valence-electron chi connectivity index (χ4n) is 3.37. The van der Waals surface area contributed by atoms with Gasteiger partial charge in [-0.3, -0.25) is 0 Å². The summed E-state index contributed by atoms with van der Waals surface area (Å²) < 4.78 is 46.7. The summed E-state index contributed by atoms with van der Waals surface area (Å²) in [7, 11) is 0. The van der Waals surface area contributed by atoms with Crippen molar-refractivity contribution in [2.75, 3.05) is 0 Å².